The fourth-order valence-corrected chi connectivity index (χ4v) is 7.61. The summed E-state index contributed by atoms with van der Waals surface area (Å²) in [7, 11) is 0.349. The highest BCUT2D eigenvalue weighted by Crippen LogP contribution is 2.35. The number of thioether (sulfide) groups is 1. The molecule has 1 fully saturated rings. The van der Waals surface area contributed by atoms with Crippen molar-refractivity contribution in [1.29, 1.82) is 0 Å². The van der Waals surface area contributed by atoms with Crippen LogP contribution in [-0.2, 0) is 10.0 Å². The predicted octanol–water partition coefficient (Wildman–Crippen LogP) is 4.79. The first-order chi connectivity index (χ1) is 16.7. The summed E-state index contributed by atoms with van der Waals surface area (Å²) in [6, 6.07) is 12.4. The molecule has 188 valence electrons. The SMILES string of the molecule is CSc1cccc2sc(N(CCN(C)C)C(=O)c3ccc(S(=O)(=O)N4CCCCC4C)cc3)nc12. The Balaban J connectivity index is 1.63. The number of hydrogen-bond donors (Lipinski definition) is 0. The number of nitrogens with zero attached hydrogens (tertiary/aromatic N) is 4. The Morgan fingerprint density at radius 3 is 2.54 bits per heavy atom. The molecule has 0 saturated carbocycles. The second kappa shape index (κ2) is 11.0. The zero-order chi connectivity index (χ0) is 25.2. The minimum Gasteiger partial charge on any atom is -0.308 e. The average Bonchev–Trinajstić information content (AvgIpc) is 3.28. The Kier molecular flexibility index (Phi) is 8.17. The fraction of sp³-hybridized carbons (Fsp3) is 0.440. The molecular formula is C25H32N4O3S3. The number of para-hydroxylation sites is 1. The van der Waals surface area contributed by atoms with E-state index in [9.17, 15) is 13.2 Å². The zero-order valence-corrected chi connectivity index (χ0v) is 23.0. The van der Waals surface area contributed by atoms with Gasteiger partial charge in [-0.25, -0.2) is 13.4 Å². The van der Waals surface area contributed by atoms with Gasteiger partial charge in [0.05, 0.1) is 15.1 Å². The van der Waals surface area contributed by atoms with E-state index < -0.39 is 10.0 Å². The molecule has 2 aromatic carbocycles. The van der Waals surface area contributed by atoms with Gasteiger partial charge in [-0.1, -0.05) is 23.8 Å². The number of likely N-dealkylation sites (N-methyl/N-ethyl adjacent to an activating group) is 1. The molecule has 0 radical (unpaired) electrons. The maximum atomic E-state index is 13.6. The molecule has 1 unspecified atom stereocenters. The monoisotopic (exact) mass is 532 g/mol. The first kappa shape index (κ1) is 26.1. The molecule has 0 spiro atoms. The summed E-state index contributed by atoms with van der Waals surface area (Å²) in [6.45, 7) is 3.65. The third-order valence-corrected chi connectivity index (χ3v) is 10.1. The Bertz CT molecular complexity index is 1290. The molecule has 1 amide bonds. The van der Waals surface area contributed by atoms with Gasteiger partial charge >= 0.3 is 0 Å². The van der Waals surface area contributed by atoms with Crippen molar-refractivity contribution >= 4 is 54.4 Å². The van der Waals surface area contributed by atoms with Crippen molar-refractivity contribution in [2.24, 2.45) is 0 Å². The molecule has 1 aliphatic rings. The molecule has 4 rings (SSSR count). The van der Waals surface area contributed by atoms with Gasteiger partial charge in [-0.05, 0) is 76.5 Å². The third-order valence-electron chi connectivity index (χ3n) is 6.29. The molecule has 1 saturated heterocycles. The van der Waals surface area contributed by atoms with Crippen molar-refractivity contribution in [1.82, 2.24) is 14.2 Å². The van der Waals surface area contributed by atoms with Crippen molar-refractivity contribution in [3.8, 4) is 0 Å². The molecule has 10 heteroatoms. The van der Waals surface area contributed by atoms with Gasteiger partial charge in [0, 0.05) is 36.1 Å². The van der Waals surface area contributed by atoms with Crippen LogP contribution in [0.1, 0.15) is 36.5 Å². The van der Waals surface area contributed by atoms with E-state index in [1.54, 1.807) is 45.2 Å². The summed E-state index contributed by atoms with van der Waals surface area (Å²) in [4.78, 5) is 23.5. The van der Waals surface area contributed by atoms with Gasteiger partial charge in [0.25, 0.3) is 5.91 Å². The van der Waals surface area contributed by atoms with Gasteiger partial charge < -0.3 is 4.90 Å². The lowest BCUT2D eigenvalue weighted by atomic mass is 10.1. The molecule has 2 heterocycles. The molecule has 7 nitrogen and oxygen atoms in total. The maximum absolute atomic E-state index is 13.6. The summed E-state index contributed by atoms with van der Waals surface area (Å²) >= 11 is 3.13. The summed E-state index contributed by atoms with van der Waals surface area (Å²) in [5.74, 6) is -0.188. The van der Waals surface area contributed by atoms with Crippen molar-refractivity contribution in [2.75, 3.05) is 44.9 Å². The number of thiazole rings is 1. The number of aromatic nitrogens is 1. The minimum absolute atomic E-state index is 0.0122. The fourth-order valence-electron chi connectivity index (χ4n) is 4.27. The number of carbonyl (C=O) groups is 1. The van der Waals surface area contributed by atoms with Crippen LogP contribution >= 0.6 is 23.1 Å². The highest BCUT2D eigenvalue weighted by Gasteiger charge is 2.31. The lowest BCUT2D eigenvalue weighted by molar-refractivity contribution is 0.0985. The van der Waals surface area contributed by atoms with Crippen molar-refractivity contribution in [2.45, 2.75) is 42.0 Å². The lowest BCUT2D eigenvalue weighted by Gasteiger charge is -2.32. The van der Waals surface area contributed by atoms with E-state index in [0.29, 0.717) is 30.3 Å². The number of piperidine rings is 1. The number of fused-ring (bicyclic) bond motifs is 1. The summed E-state index contributed by atoms with van der Waals surface area (Å²) in [6.07, 6.45) is 4.81. The molecular weight excluding hydrogens is 501 g/mol. The number of sulfonamides is 1. The van der Waals surface area contributed by atoms with Crippen LogP contribution in [-0.4, -0.2) is 74.5 Å². The standard InChI is InChI=1S/C25H32N4O3S3/c1-18-8-5-6-15-29(18)35(31,32)20-13-11-19(12-14-20)24(30)28(17-16-27(2)3)25-26-23-21(33-4)9-7-10-22(23)34-25/h7,9-14,18H,5-6,8,15-17H2,1-4H3. The summed E-state index contributed by atoms with van der Waals surface area (Å²) in [5.41, 5.74) is 1.35. The normalized spacial score (nSPS) is 17.2. The van der Waals surface area contributed by atoms with Crippen molar-refractivity contribution < 1.29 is 13.2 Å². The Morgan fingerprint density at radius 2 is 1.89 bits per heavy atom. The summed E-state index contributed by atoms with van der Waals surface area (Å²) in [5, 5.41) is 0.646. The minimum atomic E-state index is -3.58. The van der Waals surface area contributed by atoms with Crippen molar-refractivity contribution in [3.05, 3.63) is 48.0 Å². The molecule has 3 aromatic rings. The van der Waals surface area contributed by atoms with Crippen LogP contribution in [0.15, 0.2) is 52.3 Å². The highest BCUT2D eigenvalue weighted by molar-refractivity contribution is 7.98. The molecule has 1 aliphatic heterocycles. The number of amides is 1. The van der Waals surface area contributed by atoms with E-state index in [1.165, 1.54) is 11.3 Å². The Labute approximate surface area is 216 Å². The number of anilines is 1. The second-order valence-electron chi connectivity index (χ2n) is 9.05. The van der Waals surface area contributed by atoms with Crippen LogP contribution in [0.2, 0.25) is 0 Å². The molecule has 0 aliphatic carbocycles. The summed E-state index contributed by atoms with van der Waals surface area (Å²) < 4.78 is 29.0. The number of rotatable bonds is 8. The van der Waals surface area contributed by atoms with Gasteiger partial charge in [0.2, 0.25) is 10.0 Å². The number of hydrogen-bond acceptors (Lipinski definition) is 7. The van der Waals surface area contributed by atoms with Crippen LogP contribution in [0.4, 0.5) is 5.13 Å². The topological polar surface area (TPSA) is 73.8 Å². The molecule has 1 atom stereocenters. The van der Waals surface area contributed by atoms with E-state index in [-0.39, 0.29) is 16.8 Å². The maximum Gasteiger partial charge on any atom is 0.260 e. The average molecular weight is 533 g/mol. The van der Waals surface area contributed by atoms with E-state index in [0.717, 1.165) is 34.4 Å². The Morgan fingerprint density at radius 1 is 1.14 bits per heavy atom. The quantitative estimate of drug-likeness (QED) is 0.389. The van der Waals surface area contributed by atoms with Crippen LogP contribution in [0.5, 0.6) is 0 Å². The van der Waals surface area contributed by atoms with E-state index in [2.05, 4.69) is 0 Å². The predicted molar refractivity (Wildman–Crippen MR) is 145 cm³/mol. The largest absolute Gasteiger partial charge is 0.308 e. The second-order valence-corrected chi connectivity index (χ2v) is 12.8. The molecule has 35 heavy (non-hydrogen) atoms. The molecule has 0 bridgehead atoms. The van der Waals surface area contributed by atoms with E-state index in [4.69, 9.17) is 4.98 Å². The smallest absolute Gasteiger partial charge is 0.260 e. The van der Waals surface area contributed by atoms with Gasteiger partial charge in [-0.3, -0.25) is 9.69 Å². The van der Waals surface area contributed by atoms with Crippen LogP contribution in [0.25, 0.3) is 10.2 Å². The van der Waals surface area contributed by atoms with Gasteiger partial charge in [-0.2, -0.15) is 4.31 Å². The number of benzene rings is 2. The van der Waals surface area contributed by atoms with Crippen molar-refractivity contribution in [3.63, 3.8) is 0 Å². The Hall–Kier alpha value is -1.98. The van der Waals surface area contributed by atoms with E-state index in [1.807, 2.05) is 50.4 Å². The number of carbonyl (C=O) groups excluding carboxylic acids is 1. The highest BCUT2D eigenvalue weighted by atomic mass is 32.2. The van der Waals surface area contributed by atoms with E-state index >= 15 is 0 Å². The molecule has 0 N–H and O–H groups in total. The first-order valence-corrected chi connectivity index (χ1v) is 15.2. The lowest BCUT2D eigenvalue weighted by Crippen LogP contribution is -2.41. The van der Waals surface area contributed by atoms with Gasteiger partial charge in [0.1, 0.15) is 0 Å². The third kappa shape index (κ3) is 5.56. The first-order valence-electron chi connectivity index (χ1n) is 11.7. The zero-order valence-electron chi connectivity index (χ0n) is 20.6. The van der Waals surface area contributed by atoms with Gasteiger partial charge in [0.15, 0.2) is 5.13 Å². The van der Waals surface area contributed by atoms with Gasteiger partial charge in [-0.15, -0.1) is 11.8 Å². The van der Waals surface area contributed by atoms with Crippen LogP contribution in [0.3, 0.4) is 0 Å². The van der Waals surface area contributed by atoms with Crippen LogP contribution in [0, 0.1) is 0 Å². The molecule has 1 aromatic heterocycles. The van der Waals surface area contributed by atoms with Crippen LogP contribution < -0.4 is 4.90 Å².